The number of nitrogens with two attached hydrogens (primary N) is 1. The molecule has 0 fully saturated rings. The molecule has 2 rings (SSSR count). The summed E-state index contributed by atoms with van der Waals surface area (Å²) in [6, 6.07) is 8.24. The van der Waals surface area contributed by atoms with Gasteiger partial charge in [0.1, 0.15) is 0 Å². The van der Waals surface area contributed by atoms with Crippen LogP contribution in [-0.2, 0) is 0 Å². The van der Waals surface area contributed by atoms with Crippen LogP contribution in [0.4, 0.5) is 5.69 Å². The molecule has 0 radical (unpaired) electrons. The fourth-order valence-electron chi connectivity index (χ4n) is 2.69. The SMILES string of the molecule is CCCCCCCC1CN=C(N)N1c1ccc(Cl)cc1. The Kier molecular flexibility index (Phi) is 5.72. The molecule has 0 spiro atoms. The Balaban J connectivity index is 1.91. The molecule has 0 aromatic heterocycles. The number of halogens is 1. The summed E-state index contributed by atoms with van der Waals surface area (Å²) in [5, 5.41) is 0.750. The van der Waals surface area contributed by atoms with Crippen LogP contribution in [0.5, 0.6) is 0 Å². The summed E-state index contributed by atoms with van der Waals surface area (Å²) in [6.07, 6.45) is 7.66. The zero-order valence-corrected chi connectivity index (χ0v) is 12.9. The molecule has 1 aromatic rings. The summed E-state index contributed by atoms with van der Waals surface area (Å²) >= 11 is 5.94. The van der Waals surface area contributed by atoms with Crippen molar-refractivity contribution in [3.63, 3.8) is 0 Å². The van der Waals surface area contributed by atoms with Crippen LogP contribution >= 0.6 is 11.6 Å². The Bertz CT molecular complexity index is 442. The van der Waals surface area contributed by atoms with E-state index in [1.807, 2.05) is 24.3 Å². The Morgan fingerprint density at radius 3 is 2.60 bits per heavy atom. The van der Waals surface area contributed by atoms with E-state index in [1.165, 1.54) is 32.1 Å². The molecule has 1 atom stereocenters. The van der Waals surface area contributed by atoms with E-state index in [-0.39, 0.29) is 0 Å². The lowest BCUT2D eigenvalue weighted by molar-refractivity contribution is 0.555. The standard InChI is InChI=1S/C16H24ClN3/c1-2-3-4-5-6-7-15-12-19-16(18)20(15)14-10-8-13(17)9-11-14/h8-11,15H,2-7,12H2,1H3,(H2,18,19). The van der Waals surface area contributed by atoms with E-state index in [4.69, 9.17) is 17.3 Å². The van der Waals surface area contributed by atoms with Gasteiger partial charge < -0.3 is 10.6 Å². The van der Waals surface area contributed by atoms with Crippen LogP contribution in [0.15, 0.2) is 29.3 Å². The molecule has 1 unspecified atom stereocenters. The van der Waals surface area contributed by atoms with Gasteiger partial charge in [-0.15, -0.1) is 0 Å². The van der Waals surface area contributed by atoms with Gasteiger partial charge in [0.2, 0.25) is 0 Å². The van der Waals surface area contributed by atoms with Crippen LogP contribution in [0.1, 0.15) is 45.4 Å². The van der Waals surface area contributed by atoms with Gasteiger partial charge in [0, 0.05) is 10.7 Å². The highest BCUT2D eigenvalue weighted by atomic mass is 35.5. The highest BCUT2D eigenvalue weighted by Crippen LogP contribution is 2.25. The van der Waals surface area contributed by atoms with Crippen molar-refractivity contribution in [1.29, 1.82) is 0 Å². The summed E-state index contributed by atoms with van der Waals surface area (Å²) in [5.74, 6) is 0.630. The van der Waals surface area contributed by atoms with E-state index in [9.17, 15) is 0 Å². The third-order valence-electron chi connectivity index (χ3n) is 3.82. The topological polar surface area (TPSA) is 41.6 Å². The van der Waals surface area contributed by atoms with Gasteiger partial charge in [0.25, 0.3) is 0 Å². The van der Waals surface area contributed by atoms with Crippen molar-refractivity contribution in [3.8, 4) is 0 Å². The van der Waals surface area contributed by atoms with E-state index >= 15 is 0 Å². The number of rotatable bonds is 7. The molecule has 0 amide bonds. The maximum Gasteiger partial charge on any atom is 0.196 e. The molecule has 3 nitrogen and oxygen atoms in total. The second-order valence-corrected chi connectivity index (χ2v) is 5.84. The van der Waals surface area contributed by atoms with Crippen LogP contribution in [0.3, 0.4) is 0 Å². The lowest BCUT2D eigenvalue weighted by Gasteiger charge is -2.26. The molecule has 20 heavy (non-hydrogen) atoms. The van der Waals surface area contributed by atoms with Crippen molar-refractivity contribution >= 4 is 23.2 Å². The lowest BCUT2D eigenvalue weighted by atomic mass is 10.1. The Hall–Kier alpha value is -1.22. The molecule has 0 aliphatic carbocycles. The number of hydrogen-bond donors (Lipinski definition) is 1. The van der Waals surface area contributed by atoms with Crippen LogP contribution in [-0.4, -0.2) is 18.5 Å². The van der Waals surface area contributed by atoms with Crippen molar-refractivity contribution in [2.45, 2.75) is 51.5 Å². The fraction of sp³-hybridized carbons (Fsp3) is 0.562. The van der Waals surface area contributed by atoms with Gasteiger partial charge in [0.15, 0.2) is 5.96 Å². The third kappa shape index (κ3) is 3.89. The third-order valence-corrected chi connectivity index (χ3v) is 4.07. The second-order valence-electron chi connectivity index (χ2n) is 5.40. The maximum atomic E-state index is 6.03. The van der Waals surface area contributed by atoms with E-state index in [0.29, 0.717) is 12.0 Å². The van der Waals surface area contributed by atoms with Crippen LogP contribution in [0.2, 0.25) is 5.02 Å². The van der Waals surface area contributed by atoms with Crippen molar-refractivity contribution in [2.75, 3.05) is 11.4 Å². The number of benzene rings is 1. The van der Waals surface area contributed by atoms with Gasteiger partial charge in [-0.25, -0.2) is 0 Å². The van der Waals surface area contributed by atoms with Crippen LogP contribution in [0, 0.1) is 0 Å². The van der Waals surface area contributed by atoms with Crippen molar-refractivity contribution in [2.24, 2.45) is 10.7 Å². The van der Waals surface area contributed by atoms with Crippen molar-refractivity contribution in [1.82, 2.24) is 0 Å². The molecule has 1 aliphatic heterocycles. The molecular formula is C16H24ClN3. The summed E-state index contributed by atoms with van der Waals surface area (Å²) < 4.78 is 0. The molecule has 0 saturated heterocycles. The number of anilines is 1. The summed E-state index contributed by atoms with van der Waals surface area (Å²) in [7, 11) is 0. The molecule has 2 N–H and O–H groups in total. The smallest absolute Gasteiger partial charge is 0.196 e. The molecule has 0 bridgehead atoms. The van der Waals surface area contributed by atoms with Gasteiger partial charge in [-0.1, -0.05) is 50.6 Å². The fourth-order valence-corrected chi connectivity index (χ4v) is 2.82. The monoisotopic (exact) mass is 293 g/mol. The Morgan fingerprint density at radius 1 is 1.20 bits per heavy atom. The van der Waals surface area contributed by atoms with Crippen molar-refractivity contribution < 1.29 is 0 Å². The average Bonchev–Trinajstić information content (AvgIpc) is 2.81. The van der Waals surface area contributed by atoms with E-state index < -0.39 is 0 Å². The number of unbranched alkanes of at least 4 members (excludes halogenated alkanes) is 4. The second kappa shape index (κ2) is 7.53. The number of nitrogens with zero attached hydrogens (tertiary/aromatic N) is 2. The van der Waals surface area contributed by atoms with Gasteiger partial charge in [-0.3, -0.25) is 4.99 Å². The number of aliphatic imine (C=N–C) groups is 1. The first-order valence-electron chi connectivity index (χ1n) is 7.57. The first-order valence-corrected chi connectivity index (χ1v) is 7.95. The zero-order chi connectivity index (χ0) is 14.4. The number of hydrogen-bond acceptors (Lipinski definition) is 3. The van der Waals surface area contributed by atoms with Gasteiger partial charge >= 0.3 is 0 Å². The number of guanidine groups is 1. The predicted molar refractivity (Wildman–Crippen MR) is 87.6 cm³/mol. The first-order chi connectivity index (χ1) is 9.72. The minimum Gasteiger partial charge on any atom is -0.370 e. The molecule has 1 heterocycles. The van der Waals surface area contributed by atoms with E-state index in [1.54, 1.807) is 0 Å². The molecule has 4 heteroatoms. The first kappa shape index (κ1) is 15.2. The Labute approximate surface area is 126 Å². The highest BCUT2D eigenvalue weighted by molar-refractivity contribution is 6.30. The minimum atomic E-state index is 0.401. The summed E-state index contributed by atoms with van der Waals surface area (Å²) in [6.45, 7) is 3.05. The molecule has 0 saturated carbocycles. The highest BCUT2D eigenvalue weighted by Gasteiger charge is 2.26. The Morgan fingerprint density at radius 2 is 1.90 bits per heavy atom. The van der Waals surface area contributed by atoms with E-state index in [0.717, 1.165) is 23.7 Å². The summed E-state index contributed by atoms with van der Waals surface area (Å²) in [4.78, 5) is 6.55. The lowest BCUT2D eigenvalue weighted by Crippen LogP contribution is -2.40. The van der Waals surface area contributed by atoms with E-state index in [2.05, 4.69) is 16.8 Å². The normalized spacial score (nSPS) is 18.4. The minimum absolute atomic E-state index is 0.401. The van der Waals surface area contributed by atoms with Gasteiger partial charge in [-0.2, -0.15) is 0 Å². The maximum absolute atomic E-state index is 6.03. The largest absolute Gasteiger partial charge is 0.370 e. The zero-order valence-electron chi connectivity index (χ0n) is 12.2. The van der Waals surface area contributed by atoms with Crippen molar-refractivity contribution in [3.05, 3.63) is 29.3 Å². The average molecular weight is 294 g/mol. The van der Waals surface area contributed by atoms with Gasteiger partial charge in [0.05, 0.1) is 12.6 Å². The quantitative estimate of drug-likeness (QED) is 0.765. The molecule has 1 aliphatic rings. The predicted octanol–water partition coefficient (Wildman–Crippen LogP) is 4.20. The van der Waals surface area contributed by atoms with Gasteiger partial charge in [-0.05, 0) is 30.7 Å². The molecular weight excluding hydrogens is 270 g/mol. The van der Waals surface area contributed by atoms with Crippen LogP contribution < -0.4 is 10.6 Å². The molecule has 1 aromatic carbocycles. The molecule has 110 valence electrons. The summed E-state index contributed by atoms with van der Waals surface area (Å²) in [5.41, 5.74) is 7.12. The van der Waals surface area contributed by atoms with Crippen LogP contribution in [0.25, 0.3) is 0 Å².